The molecule has 6 N–H and O–H groups in total. The fourth-order valence-electron chi connectivity index (χ4n) is 4.12. The molecule has 0 radical (unpaired) electrons. The minimum Gasteiger partial charge on any atom is -0.493 e. The van der Waals surface area contributed by atoms with E-state index >= 15 is 0 Å². The maximum absolute atomic E-state index is 10.6. The number of hydrogen-bond donors (Lipinski definition) is 5. The van der Waals surface area contributed by atoms with Gasteiger partial charge in [0.15, 0.2) is 34.7 Å². The van der Waals surface area contributed by atoms with Crippen LogP contribution in [-0.4, -0.2) is 73.1 Å². The number of nitrogen functional groups attached to an aromatic ring is 1. The van der Waals surface area contributed by atoms with Gasteiger partial charge in [-0.25, -0.2) is 20.4 Å². The largest absolute Gasteiger partial charge is 0.493 e. The summed E-state index contributed by atoms with van der Waals surface area (Å²) in [5.41, 5.74) is 11.0. The van der Waals surface area contributed by atoms with Crippen LogP contribution in [-0.2, 0) is 11.3 Å². The van der Waals surface area contributed by atoms with Crippen molar-refractivity contribution in [2.24, 2.45) is 5.10 Å². The molecule has 0 saturated carbocycles. The average Bonchev–Trinajstić information content (AvgIpc) is 3.45. The van der Waals surface area contributed by atoms with E-state index in [2.05, 4.69) is 25.5 Å². The summed E-state index contributed by atoms with van der Waals surface area (Å²) in [4.78, 5) is 12.6. The zero-order valence-electron chi connectivity index (χ0n) is 20.4. The molecule has 0 bridgehead atoms. The van der Waals surface area contributed by atoms with Crippen LogP contribution in [0.4, 0.5) is 11.8 Å². The molecule has 1 fully saturated rings. The van der Waals surface area contributed by atoms with E-state index < -0.39 is 31.1 Å². The van der Waals surface area contributed by atoms with Gasteiger partial charge in [-0.1, -0.05) is 30.3 Å². The normalized spacial score (nSPS) is 21.3. The molecule has 38 heavy (non-hydrogen) atoms. The second-order valence-corrected chi connectivity index (χ2v) is 8.52. The lowest BCUT2D eigenvalue weighted by atomic mass is 10.1. The molecule has 2 aromatic heterocycles. The summed E-state index contributed by atoms with van der Waals surface area (Å²) in [6.45, 7) is -0.0817. The number of aliphatic hydroxyl groups is 3. The maximum atomic E-state index is 10.6. The first kappa shape index (κ1) is 25.4. The number of nitrogens with one attached hydrogen (secondary N) is 1. The third kappa shape index (κ3) is 4.95. The first-order chi connectivity index (χ1) is 18.5. The van der Waals surface area contributed by atoms with Gasteiger partial charge in [-0.15, -0.1) is 0 Å². The monoisotopic (exact) mass is 521 g/mol. The number of fused-ring (bicyclic) bond motifs is 1. The Morgan fingerprint density at radius 1 is 1.13 bits per heavy atom. The first-order valence-corrected chi connectivity index (χ1v) is 11.7. The molecule has 13 nitrogen and oxygen atoms in total. The molecule has 1 aliphatic rings. The van der Waals surface area contributed by atoms with Crippen molar-refractivity contribution < 1.29 is 29.5 Å². The molecule has 198 valence electrons. The molecular formula is C25H27N7O6. The van der Waals surface area contributed by atoms with E-state index in [1.165, 1.54) is 10.9 Å². The quantitative estimate of drug-likeness (QED) is 0.157. The van der Waals surface area contributed by atoms with Gasteiger partial charge >= 0.3 is 0 Å². The minimum absolute atomic E-state index is 0.114. The molecule has 3 heterocycles. The van der Waals surface area contributed by atoms with Crippen molar-refractivity contribution in [2.75, 3.05) is 24.9 Å². The number of nitrogens with zero attached hydrogens (tertiary/aromatic N) is 5. The Kier molecular flexibility index (Phi) is 7.33. The number of hydrogen-bond acceptors (Lipinski definition) is 12. The Bertz CT molecular complexity index is 1430. The van der Waals surface area contributed by atoms with Crippen LogP contribution >= 0.6 is 0 Å². The topological polar surface area (TPSA) is 182 Å². The lowest BCUT2D eigenvalue weighted by Crippen LogP contribution is -2.33. The molecule has 13 heteroatoms. The van der Waals surface area contributed by atoms with Crippen LogP contribution in [0.15, 0.2) is 60.0 Å². The predicted molar refractivity (Wildman–Crippen MR) is 138 cm³/mol. The standard InChI is InChI=1S/C25H27N7O6/c1-36-17-9-15(7-8-16(17)37-12-14-5-3-2-4-6-14)10-29-31-25-30-19-22(26)27-13-28-23(19)32(25)24-21(35)20(34)18(11-33)38-24/h2-10,13,18,20-21,24,33-35H,11-12H2,1H3,(H,30,31)(H2,26,27,28)/b29-10+/t18-,20-,21-,24-/m1/s1. The molecule has 2 aromatic carbocycles. The molecule has 0 amide bonds. The summed E-state index contributed by atoms with van der Waals surface area (Å²) in [6.07, 6.45) is -1.98. The highest BCUT2D eigenvalue weighted by Crippen LogP contribution is 2.35. The molecule has 0 unspecified atom stereocenters. The van der Waals surface area contributed by atoms with Crippen molar-refractivity contribution in [3.63, 3.8) is 0 Å². The highest BCUT2D eigenvalue weighted by atomic mass is 16.6. The van der Waals surface area contributed by atoms with Gasteiger partial charge in [-0.3, -0.25) is 4.57 Å². The summed E-state index contributed by atoms with van der Waals surface area (Å²) < 4.78 is 18.5. The number of imidazole rings is 1. The summed E-state index contributed by atoms with van der Waals surface area (Å²) in [7, 11) is 1.55. The molecule has 0 aliphatic carbocycles. The number of aromatic nitrogens is 4. The third-order valence-electron chi connectivity index (χ3n) is 6.08. The van der Waals surface area contributed by atoms with Crippen molar-refractivity contribution in [2.45, 2.75) is 31.1 Å². The lowest BCUT2D eigenvalue weighted by Gasteiger charge is -2.18. The molecule has 1 saturated heterocycles. The zero-order chi connectivity index (χ0) is 26.6. The van der Waals surface area contributed by atoms with Crippen LogP contribution in [0.1, 0.15) is 17.4 Å². The number of rotatable bonds is 9. The van der Waals surface area contributed by atoms with E-state index in [-0.39, 0.29) is 22.9 Å². The summed E-state index contributed by atoms with van der Waals surface area (Å²) in [5, 5.41) is 34.6. The molecule has 4 atom stereocenters. The van der Waals surface area contributed by atoms with Gasteiger partial charge in [0.2, 0.25) is 5.95 Å². The van der Waals surface area contributed by atoms with Gasteiger partial charge in [0, 0.05) is 0 Å². The Hall–Kier alpha value is -4.30. The van der Waals surface area contributed by atoms with E-state index in [1.807, 2.05) is 36.4 Å². The lowest BCUT2D eigenvalue weighted by molar-refractivity contribution is -0.0501. The van der Waals surface area contributed by atoms with E-state index in [4.69, 9.17) is 19.9 Å². The Morgan fingerprint density at radius 2 is 1.95 bits per heavy atom. The SMILES string of the molecule is COc1cc(/C=N/Nc2nc3c(N)ncnc3n2[C@@H]2O[C@H](CO)[C@@H](O)[C@H]2O)ccc1OCc1ccccc1. The number of anilines is 2. The number of ether oxygens (including phenoxy) is 3. The first-order valence-electron chi connectivity index (χ1n) is 11.7. The number of benzene rings is 2. The van der Waals surface area contributed by atoms with Crippen LogP contribution in [0.25, 0.3) is 11.2 Å². The van der Waals surface area contributed by atoms with Crippen molar-refractivity contribution >= 4 is 29.1 Å². The summed E-state index contributed by atoms with van der Waals surface area (Å²) >= 11 is 0. The van der Waals surface area contributed by atoms with Crippen molar-refractivity contribution in [3.05, 3.63) is 66.0 Å². The molecule has 5 rings (SSSR count). The minimum atomic E-state index is -1.36. The van der Waals surface area contributed by atoms with E-state index in [1.54, 1.807) is 25.5 Å². The van der Waals surface area contributed by atoms with Gasteiger partial charge in [0.05, 0.1) is 19.9 Å². The molecule has 0 spiro atoms. The van der Waals surface area contributed by atoms with E-state index in [9.17, 15) is 15.3 Å². The smallest absolute Gasteiger partial charge is 0.228 e. The molecular weight excluding hydrogens is 494 g/mol. The highest BCUT2D eigenvalue weighted by molar-refractivity contribution is 5.85. The average molecular weight is 522 g/mol. The number of methoxy groups -OCH3 is 1. The molecule has 1 aliphatic heterocycles. The number of hydrazone groups is 1. The summed E-state index contributed by atoms with van der Waals surface area (Å²) in [6, 6.07) is 15.2. The van der Waals surface area contributed by atoms with Crippen molar-refractivity contribution in [1.29, 1.82) is 0 Å². The Labute approximate surface area is 217 Å². The van der Waals surface area contributed by atoms with Crippen LogP contribution in [0.5, 0.6) is 11.5 Å². The van der Waals surface area contributed by atoms with Gasteiger partial charge in [0.1, 0.15) is 31.2 Å². The summed E-state index contributed by atoms with van der Waals surface area (Å²) in [5.74, 6) is 1.37. The van der Waals surface area contributed by atoms with E-state index in [0.717, 1.165) is 5.56 Å². The predicted octanol–water partition coefficient (Wildman–Crippen LogP) is 1.05. The highest BCUT2D eigenvalue weighted by Gasteiger charge is 2.45. The number of nitrogens with two attached hydrogens (primary N) is 1. The van der Waals surface area contributed by atoms with Crippen LogP contribution < -0.4 is 20.6 Å². The second-order valence-electron chi connectivity index (χ2n) is 8.52. The third-order valence-corrected chi connectivity index (χ3v) is 6.08. The van der Waals surface area contributed by atoms with Crippen LogP contribution in [0, 0.1) is 0 Å². The van der Waals surface area contributed by atoms with Gasteiger partial charge in [0.25, 0.3) is 0 Å². The maximum Gasteiger partial charge on any atom is 0.228 e. The van der Waals surface area contributed by atoms with Crippen molar-refractivity contribution in [3.8, 4) is 11.5 Å². The van der Waals surface area contributed by atoms with Crippen LogP contribution in [0.2, 0.25) is 0 Å². The van der Waals surface area contributed by atoms with Gasteiger partial charge < -0.3 is 35.3 Å². The number of aliphatic hydroxyl groups excluding tert-OH is 3. The van der Waals surface area contributed by atoms with Gasteiger partial charge in [-0.2, -0.15) is 5.10 Å². The molecule has 4 aromatic rings. The fourth-order valence-corrected chi connectivity index (χ4v) is 4.12. The van der Waals surface area contributed by atoms with E-state index in [0.29, 0.717) is 23.7 Å². The Morgan fingerprint density at radius 3 is 2.68 bits per heavy atom. The van der Waals surface area contributed by atoms with Gasteiger partial charge in [-0.05, 0) is 29.3 Å². The zero-order valence-corrected chi connectivity index (χ0v) is 20.4. The Balaban J connectivity index is 1.37. The van der Waals surface area contributed by atoms with Crippen molar-refractivity contribution in [1.82, 2.24) is 19.5 Å². The fraction of sp³-hybridized carbons (Fsp3) is 0.280. The van der Waals surface area contributed by atoms with Crippen LogP contribution in [0.3, 0.4) is 0 Å². The second kappa shape index (κ2) is 11.0.